The highest BCUT2D eigenvalue weighted by Crippen LogP contribution is 2.45. The van der Waals surface area contributed by atoms with Crippen LogP contribution in [0.1, 0.15) is 51.0 Å². The largest absolute Gasteiger partial charge is 0.465 e. The Bertz CT molecular complexity index is 591. The third-order valence-electron chi connectivity index (χ3n) is 5.51. The summed E-state index contributed by atoms with van der Waals surface area (Å²) >= 11 is 0. The van der Waals surface area contributed by atoms with E-state index < -0.39 is 6.09 Å². The number of hydrogen-bond acceptors (Lipinski definition) is 2. The Morgan fingerprint density at radius 2 is 1.92 bits per heavy atom. The Labute approximate surface area is 144 Å². The Balaban J connectivity index is 1.71. The lowest BCUT2D eigenvalue weighted by Crippen LogP contribution is -2.45. The second-order valence-corrected chi connectivity index (χ2v) is 7.15. The first-order valence-corrected chi connectivity index (χ1v) is 9.12. The summed E-state index contributed by atoms with van der Waals surface area (Å²) in [6.45, 7) is 2.16. The van der Waals surface area contributed by atoms with E-state index in [1.807, 2.05) is 18.2 Å². The van der Waals surface area contributed by atoms with Crippen molar-refractivity contribution in [3.8, 4) is 0 Å². The Morgan fingerprint density at radius 3 is 2.50 bits per heavy atom. The predicted octanol–water partition coefficient (Wildman–Crippen LogP) is 4.12. The van der Waals surface area contributed by atoms with E-state index in [1.165, 1.54) is 11.1 Å². The van der Waals surface area contributed by atoms with Crippen LogP contribution in [-0.2, 0) is 0 Å². The van der Waals surface area contributed by atoms with E-state index in [2.05, 4.69) is 25.1 Å². The molecule has 3 rings (SSSR count). The number of carboxylic acid groups (broad SMARTS) is 1. The van der Waals surface area contributed by atoms with Crippen LogP contribution in [-0.4, -0.2) is 34.2 Å². The number of nitrogens with zero attached hydrogens (tertiary/aromatic N) is 1. The highest BCUT2D eigenvalue weighted by atomic mass is 16.4. The summed E-state index contributed by atoms with van der Waals surface area (Å²) in [5, 5.41) is 9.74. The molecule has 0 aliphatic heterocycles. The zero-order valence-corrected chi connectivity index (χ0v) is 14.4. The standard InChI is InChI=1S/C20H28N2O2/c1-2-15(12-14-6-4-3-5-7-14)18-13-19(18)22(20(23)24)17-10-8-16(21)9-11-17/h3-7,12,16-19H,2,8-11,13,21H2,1H3,(H,23,24). The quantitative estimate of drug-likeness (QED) is 0.854. The van der Waals surface area contributed by atoms with Gasteiger partial charge in [-0.1, -0.05) is 48.9 Å². The number of carbonyl (C=O) groups is 1. The molecule has 24 heavy (non-hydrogen) atoms. The minimum absolute atomic E-state index is 0.145. The Morgan fingerprint density at radius 1 is 1.25 bits per heavy atom. The number of hydrogen-bond donors (Lipinski definition) is 2. The van der Waals surface area contributed by atoms with Crippen molar-refractivity contribution in [3.63, 3.8) is 0 Å². The summed E-state index contributed by atoms with van der Waals surface area (Å²) in [4.78, 5) is 13.6. The van der Waals surface area contributed by atoms with Crippen LogP contribution in [0.3, 0.4) is 0 Å². The molecule has 0 spiro atoms. The average molecular weight is 328 g/mol. The van der Waals surface area contributed by atoms with Gasteiger partial charge < -0.3 is 15.7 Å². The van der Waals surface area contributed by atoms with Crippen molar-refractivity contribution in [1.29, 1.82) is 0 Å². The van der Waals surface area contributed by atoms with E-state index in [-0.39, 0.29) is 18.1 Å². The van der Waals surface area contributed by atoms with Crippen LogP contribution in [0.15, 0.2) is 35.9 Å². The van der Waals surface area contributed by atoms with Gasteiger partial charge in [0.1, 0.15) is 0 Å². The van der Waals surface area contributed by atoms with Crippen molar-refractivity contribution in [2.45, 2.75) is 63.6 Å². The molecule has 1 aromatic carbocycles. The molecule has 1 aromatic rings. The van der Waals surface area contributed by atoms with E-state index in [0.29, 0.717) is 5.92 Å². The van der Waals surface area contributed by atoms with Gasteiger partial charge in [0.05, 0.1) is 0 Å². The minimum atomic E-state index is -0.766. The minimum Gasteiger partial charge on any atom is -0.465 e. The van der Waals surface area contributed by atoms with Crippen molar-refractivity contribution < 1.29 is 9.90 Å². The maximum absolute atomic E-state index is 11.9. The molecular formula is C20H28N2O2. The van der Waals surface area contributed by atoms with Crippen LogP contribution in [0.25, 0.3) is 6.08 Å². The molecule has 2 saturated carbocycles. The van der Waals surface area contributed by atoms with Crippen LogP contribution in [0.2, 0.25) is 0 Å². The van der Waals surface area contributed by atoms with Gasteiger partial charge in [-0.15, -0.1) is 0 Å². The third-order valence-corrected chi connectivity index (χ3v) is 5.51. The molecule has 4 nitrogen and oxygen atoms in total. The van der Waals surface area contributed by atoms with E-state index in [0.717, 1.165) is 38.5 Å². The molecule has 2 aliphatic rings. The zero-order valence-electron chi connectivity index (χ0n) is 14.4. The number of nitrogens with two attached hydrogens (primary N) is 1. The molecule has 0 heterocycles. The summed E-state index contributed by atoms with van der Waals surface area (Å²) in [5.41, 5.74) is 8.54. The van der Waals surface area contributed by atoms with Crippen molar-refractivity contribution in [3.05, 3.63) is 41.5 Å². The van der Waals surface area contributed by atoms with E-state index >= 15 is 0 Å². The van der Waals surface area contributed by atoms with Gasteiger partial charge >= 0.3 is 6.09 Å². The molecule has 2 fully saturated rings. The zero-order chi connectivity index (χ0) is 17.1. The molecule has 130 valence electrons. The number of benzene rings is 1. The van der Waals surface area contributed by atoms with Crippen LogP contribution in [0, 0.1) is 5.92 Å². The third kappa shape index (κ3) is 3.81. The Hall–Kier alpha value is -1.81. The maximum atomic E-state index is 11.9. The van der Waals surface area contributed by atoms with E-state index in [9.17, 15) is 9.90 Å². The summed E-state index contributed by atoms with van der Waals surface area (Å²) < 4.78 is 0. The van der Waals surface area contributed by atoms with Gasteiger partial charge in [0.15, 0.2) is 0 Å². The summed E-state index contributed by atoms with van der Waals surface area (Å²) in [6.07, 6.45) is 7.08. The maximum Gasteiger partial charge on any atom is 0.407 e. The van der Waals surface area contributed by atoms with Gasteiger partial charge in [-0.25, -0.2) is 4.79 Å². The molecule has 2 aliphatic carbocycles. The molecule has 0 saturated heterocycles. The number of amides is 1. The molecule has 2 atom stereocenters. The van der Waals surface area contributed by atoms with Crippen LogP contribution < -0.4 is 5.73 Å². The monoisotopic (exact) mass is 328 g/mol. The van der Waals surface area contributed by atoms with Gasteiger partial charge in [-0.3, -0.25) is 0 Å². The van der Waals surface area contributed by atoms with Gasteiger partial charge in [0.25, 0.3) is 0 Å². The highest BCUT2D eigenvalue weighted by molar-refractivity contribution is 5.67. The lowest BCUT2D eigenvalue weighted by molar-refractivity contribution is 0.102. The van der Waals surface area contributed by atoms with Crippen molar-refractivity contribution in [2.24, 2.45) is 11.7 Å². The highest BCUT2D eigenvalue weighted by Gasteiger charge is 2.48. The fourth-order valence-corrected chi connectivity index (χ4v) is 4.07. The van der Waals surface area contributed by atoms with Crippen LogP contribution in [0.5, 0.6) is 0 Å². The van der Waals surface area contributed by atoms with Crippen LogP contribution >= 0.6 is 0 Å². The van der Waals surface area contributed by atoms with Crippen LogP contribution in [0.4, 0.5) is 4.79 Å². The van der Waals surface area contributed by atoms with Crippen molar-refractivity contribution in [1.82, 2.24) is 4.90 Å². The van der Waals surface area contributed by atoms with E-state index in [4.69, 9.17) is 5.73 Å². The fraction of sp³-hybridized carbons (Fsp3) is 0.550. The molecular weight excluding hydrogens is 300 g/mol. The van der Waals surface area contributed by atoms with Crippen molar-refractivity contribution >= 4 is 12.2 Å². The second-order valence-electron chi connectivity index (χ2n) is 7.15. The lowest BCUT2D eigenvalue weighted by atomic mass is 9.90. The molecule has 0 radical (unpaired) electrons. The molecule has 4 heteroatoms. The van der Waals surface area contributed by atoms with Crippen molar-refractivity contribution in [2.75, 3.05) is 0 Å². The normalized spacial score (nSPS) is 30.0. The molecule has 0 aromatic heterocycles. The molecule has 1 amide bonds. The molecule has 0 bridgehead atoms. The summed E-state index contributed by atoms with van der Waals surface area (Å²) in [7, 11) is 0. The summed E-state index contributed by atoms with van der Waals surface area (Å²) in [5.74, 6) is 0.377. The van der Waals surface area contributed by atoms with E-state index in [1.54, 1.807) is 4.90 Å². The summed E-state index contributed by atoms with van der Waals surface area (Å²) in [6, 6.07) is 10.8. The SMILES string of the molecule is CCC(=Cc1ccccc1)C1CC1N(C(=O)O)C1CCC(N)CC1. The second kappa shape index (κ2) is 7.39. The van der Waals surface area contributed by atoms with Gasteiger partial charge in [-0.2, -0.15) is 0 Å². The molecule has 3 N–H and O–H groups in total. The Kier molecular flexibility index (Phi) is 5.24. The lowest BCUT2D eigenvalue weighted by Gasteiger charge is -2.34. The first-order chi connectivity index (χ1) is 11.6. The van der Waals surface area contributed by atoms with Gasteiger partial charge in [0.2, 0.25) is 0 Å². The smallest absolute Gasteiger partial charge is 0.407 e. The predicted molar refractivity (Wildman–Crippen MR) is 96.7 cm³/mol. The fourth-order valence-electron chi connectivity index (χ4n) is 4.07. The molecule has 2 unspecified atom stereocenters. The average Bonchev–Trinajstić information content (AvgIpc) is 3.35. The number of rotatable bonds is 5. The first kappa shape index (κ1) is 17.0. The topological polar surface area (TPSA) is 66.6 Å². The van der Waals surface area contributed by atoms with Gasteiger partial charge in [-0.05, 0) is 44.1 Å². The van der Waals surface area contributed by atoms with Gasteiger partial charge in [0, 0.05) is 24.0 Å². The first-order valence-electron chi connectivity index (χ1n) is 9.12.